The fourth-order valence-electron chi connectivity index (χ4n) is 2.35. The van der Waals surface area contributed by atoms with Crippen LogP contribution in [0.5, 0.6) is 0 Å². The van der Waals surface area contributed by atoms with Crippen LogP contribution in [0.4, 0.5) is 0 Å². The van der Waals surface area contributed by atoms with Gasteiger partial charge in [0.25, 0.3) is 0 Å². The zero-order valence-electron chi connectivity index (χ0n) is 12.4. The fourth-order valence-corrected chi connectivity index (χ4v) is 4.29. The predicted molar refractivity (Wildman–Crippen MR) is 83.2 cm³/mol. The minimum atomic E-state index is -3.85. The van der Waals surface area contributed by atoms with Crippen LogP contribution >= 0.6 is 0 Å². The molecule has 2 rings (SSSR count). The van der Waals surface area contributed by atoms with Gasteiger partial charge in [-0.25, -0.2) is 22.0 Å². The zero-order chi connectivity index (χ0) is 17.1. The number of rotatable bonds is 5. The molecule has 10 heteroatoms. The van der Waals surface area contributed by atoms with Gasteiger partial charge in [0.05, 0.1) is 15.9 Å². The number of hydrogen-bond acceptors (Lipinski definition) is 6. The Morgan fingerprint density at radius 3 is 2.00 bits per heavy atom. The van der Waals surface area contributed by atoms with Gasteiger partial charge in [0.1, 0.15) is 0 Å². The molecule has 1 heterocycles. The van der Waals surface area contributed by atoms with Crippen molar-refractivity contribution in [2.45, 2.75) is 16.2 Å². The van der Waals surface area contributed by atoms with E-state index in [1.54, 1.807) is 0 Å². The summed E-state index contributed by atoms with van der Waals surface area (Å²) >= 11 is 0. The highest BCUT2D eigenvalue weighted by Gasteiger charge is 2.28. The maximum atomic E-state index is 12.5. The number of piperazine rings is 1. The average Bonchev–Trinajstić information content (AvgIpc) is 2.52. The molecule has 0 aliphatic carbocycles. The van der Waals surface area contributed by atoms with E-state index in [1.807, 2.05) is 4.90 Å². The molecule has 0 bridgehead atoms. The first-order valence-electron chi connectivity index (χ1n) is 6.97. The maximum Gasteiger partial charge on any atom is 0.243 e. The van der Waals surface area contributed by atoms with E-state index < -0.39 is 20.0 Å². The Hall–Kier alpha value is -1.51. The molecule has 1 aliphatic rings. The summed E-state index contributed by atoms with van der Waals surface area (Å²) in [7, 11) is -7.51. The quantitative estimate of drug-likeness (QED) is 0.760. The smallest absolute Gasteiger partial charge is 0.243 e. The Bertz CT molecular complexity index is 789. The molecule has 126 valence electrons. The number of nitriles is 1. The minimum absolute atomic E-state index is 0.0374. The van der Waals surface area contributed by atoms with Crippen LogP contribution in [0.1, 0.15) is 6.42 Å². The normalized spacial score (nSPS) is 17.7. The van der Waals surface area contributed by atoms with E-state index in [0.29, 0.717) is 39.1 Å². The van der Waals surface area contributed by atoms with Crippen LogP contribution in [0, 0.1) is 11.3 Å². The van der Waals surface area contributed by atoms with E-state index in [2.05, 4.69) is 6.07 Å². The van der Waals surface area contributed by atoms with Gasteiger partial charge in [-0.05, 0) is 24.3 Å². The second-order valence-electron chi connectivity index (χ2n) is 5.17. The van der Waals surface area contributed by atoms with Gasteiger partial charge in [-0.15, -0.1) is 0 Å². The molecule has 1 aromatic carbocycles. The summed E-state index contributed by atoms with van der Waals surface area (Å²) in [6.45, 7) is 2.44. The van der Waals surface area contributed by atoms with Gasteiger partial charge in [0.2, 0.25) is 20.0 Å². The number of benzene rings is 1. The maximum absolute atomic E-state index is 12.5. The Morgan fingerprint density at radius 2 is 1.52 bits per heavy atom. The monoisotopic (exact) mass is 358 g/mol. The lowest BCUT2D eigenvalue weighted by Gasteiger charge is -2.33. The summed E-state index contributed by atoms with van der Waals surface area (Å²) in [6, 6.07) is 6.93. The molecule has 0 radical (unpaired) electrons. The van der Waals surface area contributed by atoms with Crippen LogP contribution in [0.2, 0.25) is 0 Å². The largest absolute Gasteiger partial charge is 0.300 e. The molecule has 0 aromatic heterocycles. The van der Waals surface area contributed by atoms with Gasteiger partial charge in [0.15, 0.2) is 0 Å². The Kier molecular flexibility index (Phi) is 5.38. The van der Waals surface area contributed by atoms with E-state index in [1.165, 1.54) is 28.6 Å². The highest BCUT2D eigenvalue weighted by atomic mass is 32.2. The second-order valence-corrected chi connectivity index (χ2v) is 8.67. The van der Waals surface area contributed by atoms with Crippen molar-refractivity contribution in [3.8, 4) is 6.07 Å². The van der Waals surface area contributed by atoms with Crippen LogP contribution < -0.4 is 5.14 Å². The molecule has 1 fully saturated rings. The van der Waals surface area contributed by atoms with Gasteiger partial charge in [-0.1, -0.05) is 0 Å². The molecule has 1 aromatic rings. The Balaban J connectivity index is 2.09. The molecule has 0 amide bonds. The van der Waals surface area contributed by atoms with Crippen molar-refractivity contribution in [1.82, 2.24) is 9.21 Å². The van der Waals surface area contributed by atoms with Crippen molar-refractivity contribution >= 4 is 20.0 Å². The van der Waals surface area contributed by atoms with Crippen LogP contribution in [0.3, 0.4) is 0 Å². The van der Waals surface area contributed by atoms with Crippen LogP contribution in [-0.4, -0.2) is 58.8 Å². The van der Waals surface area contributed by atoms with Crippen molar-refractivity contribution in [2.24, 2.45) is 5.14 Å². The van der Waals surface area contributed by atoms with Crippen molar-refractivity contribution in [3.05, 3.63) is 24.3 Å². The van der Waals surface area contributed by atoms with Crippen molar-refractivity contribution in [3.63, 3.8) is 0 Å². The lowest BCUT2D eigenvalue weighted by Crippen LogP contribution is -2.48. The molecular formula is C13H18N4O4S2. The summed E-state index contributed by atoms with van der Waals surface area (Å²) in [5.74, 6) is 0. The third-order valence-electron chi connectivity index (χ3n) is 3.66. The van der Waals surface area contributed by atoms with Gasteiger partial charge in [0, 0.05) is 39.1 Å². The first-order valence-corrected chi connectivity index (χ1v) is 9.96. The van der Waals surface area contributed by atoms with Crippen molar-refractivity contribution in [1.29, 1.82) is 5.26 Å². The lowest BCUT2D eigenvalue weighted by atomic mass is 10.3. The van der Waals surface area contributed by atoms with E-state index in [-0.39, 0.29) is 9.79 Å². The first-order chi connectivity index (χ1) is 10.7. The minimum Gasteiger partial charge on any atom is -0.300 e. The van der Waals surface area contributed by atoms with Crippen molar-refractivity contribution in [2.75, 3.05) is 32.7 Å². The van der Waals surface area contributed by atoms with Crippen LogP contribution in [-0.2, 0) is 20.0 Å². The number of hydrogen-bond donors (Lipinski definition) is 1. The summed E-state index contributed by atoms with van der Waals surface area (Å²) in [6.07, 6.45) is 0.418. The molecule has 0 saturated carbocycles. The third-order valence-corrected chi connectivity index (χ3v) is 6.50. The molecule has 0 atom stereocenters. The molecule has 0 unspecified atom stereocenters. The van der Waals surface area contributed by atoms with E-state index in [9.17, 15) is 16.8 Å². The van der Waals surface area contributed by atoms with Gasteiger partial charge in [-0.3, -0.25) is 4.90 Å². The van der Waals surface area contributed by atoms with Gasteiger partial charge in [-0.2, -0.15) is 9.57 Å². The molecule has 23 heavy (non-hydrogen) atoms. The van der Waals surface area contributed by atoms with E-state index in [4.69, 9.17) is 10.4 Å². The summed E-state index contributed by atoms with van der Waals surface area (Å²) < 4.78 is 48.9. The third kappa shape index (κ3) is 4.27. The summed E-state index contributed by atoms with van der Waals surface area (Å²) in [5.41, 5.74) is 0. The number of sulfonamides is 2. The zero-order valence-corrected chi connectivity index (χ0v) is 14.1. The molecule has 1 saturated heterocycles. The number of nitrogens with two attached hydrogens (primary N) is 1. The number of primary sulfonamides is 1. The molecule has 2 N–H and O–H groups in total. The lowest BCUT2D eigenvalue weighted by molar-refractivity contribution is 0.191. The molecule has 0 spiro atoms. The summed E-state index contributed by atoms with van der Waals surface area (Å²) in [5, 5.41) is 13.6. The first kappa shape index (κ1) is 17.8. The summed E-state index contributed by atoms with van der Waals surface area (Å²) in [4.78, 5) is 1.95. The highest BCUT2D eigenvalue weighted by molar-refractivity contribution is 7.89. The topological polar surface area (TPSA) is 125 Å². The van der Waals surface area contributed by atoms with Gasteiger partial charge >= 0.3 is 0 Å². The molecule has 1 aliphatic heterocycles. The van der Waals surface area contributed by atoms with E-state index in [0.717, 1.165) is 0 Å². The standard InChI is InChI=1S/C13H18N4O4S2/c14-6-1-7-16-8-10-17(11-9-16)23(20,21)13-4-2-12(3-5-13)22(15,18)19/h2-5H,1,7-11H2,(H2,15,18,19). The SMILES string of the molecule is N#CCCN1CCN(S(=O)(=O)c2ccc(S(N)(=O)=O)cc2)CC1. The van der Waals surface area contributed by atoms with E-state index >= 15 is 0 Å². The number of nitrogens with zero attached hydrogens (tertiary/aromatic N) is 3. The van der Waals surface area contributed by atoms with Crippen LogP contribution in [0.25, 0.3) is 0 Å². The molecule has 8 nitrogen and oxygen atoms in total. The highest BCUT2D eigenvalue weighted by Crippen LogP contribution is 2.19. The molecular weight excluding hydrogens is 340 g/mol. The fraction of sp³-hybridized carbons (Fsp3) is 0.462. The van der Waals surface area contributed by atoms with Crippen molar-refractivity contribution < 1.29 is 16.8 Å². The Morgan fingerprint density at radius 1 is 1.00 bits per heavy atom. The predicted octanol–water partition coefficient (Wildman–Crippen LogP) is -0.446. The Labute approximate surface area is 136 Å². The second kappa shape index (κ2) is 6.94. The van der Waals surface area contributed by atoms with Crippen LogP contribution in [0.15, 0.2) is 34.1 Å². The van der Waals surface area contributed by atoms with Gasteiger partial charge < -0.3 is 0 Å². The average molecular weight is 358 g/mol.